The van der Waals surface area contributed by atoms with E-state index < -0.39 is 15.9 Å². The predicted molar refractivity (Wildman–Crippen MR) is 158 cm³/mol. The molecule has 39 heavy (non-hydrogen) atoms. The molecule has 7 nitrogen and oxygen atoms in total. The number of unbranched alkanes of at least 4 members (excludes halogenated alkanes) is 1. The first-order valence-electron chi connectivity index (χ1n) is 13.6. The Labute approximate surface area is 232 Å². The monoisotopic (exact) mass is 546 g/mol. The van der Waals surface area contributed by atoms with Gasteiger partial charge < -0.3 is 10.2 Å². The van der Waals surface area contributed by atoms with Gasteiger partial charge in [-0.3, -0.25) is 9.79 Å². The van der Waals surface area contributed by atoms with Gasteiger partial charge in [-0.05, 0) is 73.5 Å². The van der Waals surface area contributed by atoms with Gasteiger partial charge in [-0.2, -0.15) is 0 Å². The summed E-state index contributed by atoms with van der Waals surface area (Å²) in [7, 11) is 0.0117. The molecular weight excluding hydrogens is 508 g/mol. The second kappa shape index (κ2) is 12.7. The van der Waals surface area contributed by atoms with Crippen LogP contribution < -0.4 is 5.32 Å². The van der Waals surface area contributed by atoms with E-state index in [9.17, 15) is 13.2 Å². The van der Waals surface area contributed by atoms with Gasteiger partial charge in [-0.25, -0.2) is 12.7 Å². The molecule has 8 heteroatoms. The van der Waals surface area contributed by atoms with Crippen LogP contribution in [0.25, 0.3) is 0 Å². The highest BCUT2D eigenvalue weighted by Crippen LogP contribution is 2.38. The van der Waals surface area contributed by atoms with Crippen LogP contribution in [-0.2, 0) is 21.4 Å². The van der Waals surface area contributed by atoms with E-state index in [-0.39, 0.29) is 10.8 Å². The lowest BCUT2D eigenvalue weighted by Crippen LogP contribution is -2.28. The fourth-order valence-electron chi connectivity index (χ4n) is 4.84. The molecule has 0 aromatic heterocycles. The number of sulfonamides is 1. The maximum atomic E-state index is 13.4. The standard InChI is InChI=1S/C31H38N4O3S/c1-5-7-20-35(4)39(37,38)26-17-18-28-27(21-26)29(31(36)33-28)30(24-11-9-8-10-12-24)32-25-15-13-23(14-16-25)22-34(3)19-6-2/h8-18,21,29H,5-7,19-20,22H2,1-4H3,(H,33,36). The molecule has 0 radical (unpaired) electrons. The number of amides is 1. The molecule has 3 aromatic rings. The molecule has 4 rings (SSSR count). The fraction of sp³-hybridized carbons (Fsp3) is 0.355. The molecule has 0 spiro atoms. The van der Waals surface area contributed by atoms with Crippen LogP contribution in [0.3, 0.4) is 0 Å². The van der Waals surface area contributed by atoms with E-state index in [0.29, 0.717) is 23.5 Å². The second-order valence-corrected chi connectivity index (χ2v) is 12.2. The Hall–Kier alpha value is -3.33. The molecule has 0 saturated heterocycles. The van der Waals surface area contributed by atoms with Crippen molar-refractivity contribution in [3.8, 4) is 0 Å². The first-order valence-corrected chi connectivity index (χ1v) is 15.0. The first-order chi connectivity index (χ1) is 18.7. The van der Waals surface area contributed by atoms with Gasteiger partial charge in [0.25, 0.3) is 0 Å². The molecule has 1 unspecified atom stereocenters. The van der Waals surface area contributed by atoms with Crippen molar-refractivity contribution in [1.82, 2.24) is 9.21 Å². The zero-order valence-electron chi connectivity index (χ0n) is 23.2. The molecule has 0 saturated carbocycles. The SMILES string of the molecule is CCCCN(C)S(=O)(=O)c1ccc2c(c1)C(C(=Nc1ccc(CN(C)CCC)cc1)c1ccccc1)C(=O)N2. The van der Waals surface area contributed by atoms with Crippen LogP contribution in [0.4, 0.5) is 11.4 Å². The summed E-state index contributed by atoms with van der Waals surface area (Å²) in [6.07, 6.45) is 2.78. The maximum absolute atomic E-state index is 13.4. The van der Waals surface area contributed by atoms with Gasteiger partial charge in [0.2, 0.25) is 15.9 Å². The summed E-state index contributed by atoms with van der Waals surface area (Å²) < 4.78 is 28.0. The zero-order valence-corrected chi connectivity index (χ0v) is 24.0. The van der Waals surface area contributed by atoms with Crippen molar-refractivity contribution in [3.05, 3.63) is 89.5 Å². The van der Waals surface area contributed by atoms with E-state index >= 15 is 0 Å². The number of benzene rings is 3. The number of aliphatic imine (C=N–C) groups is 1. The minimum Gasteiger partial charge on any atom is -0.325 e. The first kappa shape index (κ1) is 28.7. The third-order valence-corrected chi connectivity index (χ3v) is 8.83. The molecule has 206 valence electrons. The Balaban J connectivity index is 1.74. The smallest absolute Gasteiger partial charge is 0.242 e. The topological polar surface area (TPSA) is 82.1 Å². The van der Waals surface area contributed by atoms with Gasteiger partial charge in [0, 0.05) is 25.8 Å². The van der Waals surface area contributed by atoms with E-state index in [2.05, 4.69) is 36.3 Å². The Morgan fingerprint density at radius 1 is 0.923 bits per heavy atom. The normalized spacial score (nSPS) is 15.6. The van der Waals surface area contributed by atoms with Gasteiger partial charge in [0.15, 0.2) is 0 Å². The Bertz CT molecular complexity index is 1420. The van der Waals surface area contributed by atoms with Crippen LogP contribution >= 0.6 is 0 Å². The summed E-state index contributed by atoms with van der Waals surface area (Å²) >= 11 is 0. The number of fused-ring (bicyclic) bond motifs is 1. The number of carbonyl (C=O) groups excluding carboxylic acids is 1. The van der Waals surface area contributed by atoms with Crippen molar-refractivity contribution in [2.45, 2.75) is 50.5 Å². The summed E-state index contributed by atoms with van der Waals surface area (Å²) in [5, 5.41) is 2.93. The highest BCUT2D eigenvalue weighted by atomic mass is 32.2. The van der Waals surface area contributed by atoms with Crippen LogP contribution in [0.2, 0.25) is 0 Å². The summed E-state index contributed by atoms with van der Waals surface area (Å²) in [5.74, 6) is -0.965. The second-order valence-electron chi connectivity index (χ2n) is 10.1. The summed E-state index contributed by atoms with van der Waals surface area (Å²) in [4.78, 5) is 20.8. The summed E-state index contributed by atoms with van der Waals surface area (Å²) in [5.41, 5.74) is 4.54. The quantitative estimate of drug-likeness (QED) is 0.291. The van der Waals surface area contributed by atoms with Crippen LogP contribution in [0.15, 0.2) is 82.7 Å². The van der Waals surface area contributed by atoms with E-state index in [1.165, 1.54) is 9.87 Å². The summed E-state index contributed by atoms with van der Waals surface area (Å²) in [6.45, 7) is 6.52. The maximum Gasteiger partial charge on any atom is 0.242 e. The molecule has 0 bridgehead atoms. The minimum atomic E-state index is -3.69. The molecule has 3 aromatic carbocycles. The fourth-order valence-corrected chi connectivity index (χ4v) is 6.09. The van der Waals surface area contributed by atoms with Gasteiger partial charge in [-0.1, -0.05) is 62.7 Å². The number of rotatable bonds is 12. The van der Waals surface area contributed by atoms with Crippen molar-refractivity contribution in [2.75, 3.05) is 32.5 Å². The van der Waals surface area contributed by atoms with Crippen molar-refractivity contribution in [2.24, 2.45) is 4.99 Å². The Morgan fingerprint density at radius 3 is 2.31 bits per heavy atom. The molecule has 1 atom stereocenters. The third-order valence-electron chi connectivity index (χ3n) is 6.98. The van der Waals surface area contributed by atoms with Crippen LogP contribution in [0.5, 0.6) is 0 Å². The van der Waals surface area contributed by atoms with Crippen LogP contribution in [0.1, 0.15) is 55.7 Å². The molecule has 1 amide bonds. The number of nitrogens with zero attached hydrogens (tertiary/aromatic N) is 3. The predicted octanol–water partition coefficient (Wildman–Crippen LogP) is 5.81. The van der Waals surface area contributed by atoms with Gasteiger partial charge >= 0.3 is 0 Å². The molecule has 1 aliphatic rings. The number of nitrogens with one attached hydrogen (secondary N) is 1. The molecule has 1 N–H and O–H groups in total. The van der Waals surface area contributed by atoms with Gasteiger partial charge in [-0.15, -0.1) is 0 Å². The van der Waals surface area contributed by atoms with E-state index in [4.69, 9.17) is 4.99 Å². The lowest BCUT2D eigenvalue weighted by molar-refractivity contribution is -0.115. The lowest BCUT2D eigenvalue weighted by Gasteiger charge is -2.18. The highest BCUT2D eigenvalue weighted by Gasteiger charge is 2.37. The number of anilines is 1. The lowest BCUT2D eigenvalue weighted by atomic mass is 9.90. The average Bonchev–Trinajstić information content (AvgIpc) is 3.26. The zero-order chi connectivity index (χ0) is 28.0. The van der Waals surface area contributed by atoms with Crippen molar-refractivity contribution in [3.63, 3.8) is 0 Å². The number of hydrogen-bond donors (Lipinski definition) is 1. The molecular formula is C31H38N4O3S. The van der Waals surface area contributed by atoms with Gasteiger partial charge in [0.1, 0.15) is 5.92 Å². The van der Waals surface area contributed by atoms with E-state index in [1.807, 2.05) is 49.4 Å². The van der Waals surface area contributed by atoms with E-state index in [1.54, 1.807) is 25.2 Å². The van der Waals surface area contributed by atoms with Crippen LogP contribution in [-0.4, -0.2) is 56.4 Å². The highest BCUT2D eigenvalue weighted by molar-refractivity contribution is 7.89. The largest absolute Gasteiger partial charge is 0.325 e. The van der Waals surface area contributed by atoms with Gasteiger partial charge in [0.05, 0.1) is 16.3 Å². The Kier molecular flexibility index (Phi) is 9.32. The molecule has 1 aliphatic heterocycles. The third kappa shape index (κ3) is 6.64. The van der Waals surface area contributed by atoms with Crippen molar-refractivity contribution >= 4 is 33.0 Å². The van der Waals surface area contributed by atoms with E-state index in [0.717, 1.165) is 43.6 Å². The number of carbonyl (C=O) groups is 1. The molecule has 0 fully saturated rings. The number of hydrogen-bond acceptors (Lipinski definition) is 5. The molecule has 1 heterocycles. The van der Waals surface area contributed by atoms with Crippen molar-refractivity contribution in [1.29, 1.82) is 0 Å². The summed E-state index contributed by atoms with van der Waals surface area (Å²) in [6, 6.07) is 22.5. The minimum absolute atomic E-state index is 0.175. The molecule has 0 aliphatic carbocycles. The average molecular weight is 547 g/mol. The Morgan fingerprint density at radius 2 is 1.64 bits per heavy atom. The van der Waals surface area contributed by atoms with Crippen LogP contribution in [0, 0.1) is 0 Å². The van der Waals surface area contributed by atoms with Crippen molar-refractivity contribution < 1.29 is 13.2 Å².